The molecule has 2 aromatic rings. The van der Waals surface area contributed by atoms with E-state index in [4.69, 9.17) is 5.14 Å². The van der Waals surface area contributed by atoms with Gasteiger partial charge in [-0.1, -0.05) is 0 Å². The van der Waals surface area contributed by atoms with Crippen molar-refractivity contribution in [2.24, 2.45) is 5.14 Å². The highest BCUT2D eigenvalue weighted by Crippen LogP contribution is 2.18. The van der Waals surface area contributed by atoms with Gasteiger partial charge in [-0.3, -0.25) is 9.69 Å². The molecular weight excluding hydrogens is 399 g/mol. The number of halogens is 3. The maximum atomic E-state index is 12.5. The van der Waals surface area contributed by atoms with E-state index < -0.39 is 22.7 Å². The number of nitrogens with one attached hydrogen (secondary N) is 1. The third-order valence-corrected chi connectivity index (χ3v) is 4.68. The summed E-state index contributed by atoms with van der Waals surface area (Å²) >= 11 is 0. The summed E-state index contributed by atoms with van der Waals surface area (Å²) in [5.74, 6) is -0.0762. The van der Waals surface area contributed by atoms with Gasteiger partial charge in [-0.2, -0.15) is 13.2 Å². The van der Waals surface area contributed by atoms with E-state index in [-0.39, 0.29) is 29.6 Å². The van der Waals surface area contributed by atoms with Gasteiger partial charge in [-0.05, 0) is 31.3 Å². The number of hydrogen-bond donors (Lipinski definition) is 2. The first kappa shape index (κ1) is 21.9. The van der Waals surface area contributed by atoms with Gasteiger partial charge in [-0.15, -0.1) is 0 Å². The van der Waals surface area contributed by atoms with Gasteiger partial charge in [0.1, 0.15) is 12.4 Å². The van der Waals surface area contributed by atoms with Crippen LogP contribution in [0.3, 0.4) is 0 Å². The number of imidazole rings is 1. The van der Waals surface area contributed by atoms with Crippen LogP contribution in [0.5, 0.6) is 0 Å². The van der Waals surface area contributed by atoms with Crippen molar-refractivity contribution in [3.63, 3.8) is 0 Å². The highest BCUT2D eigenvalue weighted by Gasteiger charge is 2.28. The molecule has 3 N–H and O–H groups in total. The number of aromatic nitrogens is 2. The smallest absolute Gasteiger partial charge is 0.326 e. The van der Waals surface area contributed by atoms with Crippen LogP contribution in [-0.4, -0.2) is 48.5 Å². The summed E-state index contributed by atoms with van der Waals surface area (Å²) in [6.07, 6.45) is -1.69. The third kappa shape index (κ3) is 6.94. The quantitative estimate of drug-likeness (QED) is 0.675. The first-order valence-electron chi connectivity index (χ1n) is 8.12. The van der Waals surface area contributed by atoms with Crippen LogP contribution in [0.25, 0.3) is 0 Å². The number of amides is 1. The molecule has 1 aromatic carbocycles. The van der Waals surface area contributed by atoms with Crippen molar-refractivity contribution in [3.05, 3.63) is 42.5 Å². The van der Waals surface area contributed by atoms with Crippen LogP contribution in [-0.2, 0) is 27.9 Å². The van der Waals surface area contributed by atoms with Crippen molar-refractivity contribution < 1.29 is 26.4 Å². The summed E-state index contributed by atoms with van der Waals surface area (Å²) in [6, 6.07) is 5.37. The number of nitrogens with two attached hydrogens (primary N) is 1. The van der Waals surface area contributed by atoms with E-state index in [1.54, 1.807) is 11.9 Å². The van der Waals surface area contributed by atoms with Crippen molar-refractivity contribution in [2.45, 2.75) is 30.6 Å². The van der Waals surface area contributed by atoms with E-state index >= 15 is 0 Å². The monoisotopic (exact) mass is 419 g/mol. The molecule has 0 atom stereocenters. The van der Waals surface area contributed by atoms with Gasteiger partial charge >= 0.3 is 6.18 Å². The Bertz CT molecular complexity index is 910. The lowest BCUT2D eigenvalue weighted by Crippen LogP contribution is -2.27. The van der Waals surface area contributed by atoms with Crippen molar-refractivity contribution in [1.82, 2.24) is 14.5 Å². The number of carbonyl (C=O) groups is 1. The van der Waals surface area contributed by atoms with Gasteiger partial charge in [0.25, 0.3) is 0 Å². The van der Waals surface area contributed by atoms with Crippen LogP contribution in [0.4, 0.5) is 18.9 Å². The average molecular weight is 419 g/mol. The molecule has 1 heterocycles. The van der Waals surface area contributed by atoms with E-state index in [1.807, 2.05) is 0 Å². The number of benzene rings is 1. The standard InChI is InChI=1S/C16H20F3N5O3S/c1-23(10-14-21-7-9-24(14)11-16(17,18)19)8-6-15(25)22-12-2-4-13(5-3-12)28(20,26)27/h2-5,7,9H,6,8,10-11H2,1H3,(H,22,25)(H2,20,26,27). The molecule has 154 valence electrons. The van der Waals surface area contributed by atoms with Crippen molar-refractivity contribution >= 4 is 21.6 Å². The molecule has 2 rings (SSSR count). The van der Waals surface area contributed by atoms with E-state index in [9.17, 15) is 26.4 Å². The molecule has 1 amide bonds. The molecule has 0 bridgehead atoms. The summed E-state index contributed by atoms with van der Waals surface area (Å²) < 4.78 is 61.0. The molecule has 0 spiro atoms. The third-order valence-electron chi connectivity index (χ3n) is 3.75. The lowest BCUT2D eigenvalue weighted by molar-refractivity contribution is -0.141. The summed E-state index contributed by atoms with van der Waals surface area (Å²) in [5, 5.41) is 7.61. The Hall–Kier alpha value is -2.44. The number of alkyl halides is 3. The van der Waals surface area contributed by atoms with Gasteiger partial charge in [0.05, 0.1) is 11.4 Å². The van der Waals surface area contributed by atoms with Crippen LogP contribution in [0, 0.1) is 0 Å². The lowest BCUT2D eigenvalue weighted by Gasteiger charge is -2.17. The summed E-state index contributed by atoms with van der Waals surface area (Å²) in [6.45, 7) is -0.676. The van der Waals surface area contributed by atoms with Crippen LogP contribution in [0.15, 0.2) is 41.6 Å². The molecule has 8 nitrogen and oxygen atoms in total. The number of anilines is 1. The van der Waals surface area contributed by atoms with E-state index in [0.717, 1.165) is 4.57 Å². The first-order chi connectivity index (χ1) is 12.9. The zero-order chi connectivity index (χ0) is 20.9. The molecule has 0 aliphatic rings. The maximum Gasteiger partial charge on any atom is 0.406 e. The Morgan fingerprint density at radius 3 is 2.50 bits per heavy atom. The predicted molar refractivity (Wildman–Crippen MR) is 95.7 cm³/mol. The number of hydrogen-bond acceptors (Lipinski definition) is 5. The second kappa shape index (κ2) is 8.71. The van der Waals surface area contributed by atoms with E-state index in [2.05, 4.69) is 10.3 Å². The largest absolute Gasteiger partial charge is 0.406 e. The number of primary sulfonamides is 1. The fourth-order valence-electron chi connectivity index (χ4n) is 2.39. The highest BCUT2D eigenvalue weighted by atomic mass is 32.2. The molecule has 0 aliphatic carbocycles. The topological polar surface area (TPSA) is 110 Å². The second-order valence-corrected chi connectivity index (χ2v) is 7.75. The summed E-state index contributed by atoms with van der Waals surface area (Å²) in [5.41, 5.74) is 0.403. The van der Waals surface area contributed by atoms with Crippen molar-refractivity contribution in [1.29, 1.82) is 0 Å². The molecule has 0 saturated carbocycles. The van der Waals surface area contributed by atoms with Gasteiger partial charge in [0.15, 0.2) is 0 Å². The lowest BCUT2D eigenvalue weighted by atomic mass is 10.3. The number of nitrogens with zero attached hydrogens (tertiary/aromatic N) is 3. The Kier molecular flexibility index (Phi) is 6.80. The fourth-order valence-corrected chi connectivity index (χ4v) is 2.91. The van der Waals surface area contributed by atoms with Crippen LogP contribution >= 0.6 is 0 Å². The summed E-state index contributed by atoms with van der Waals surface area (Å²) in [4.78, 5) is 17.5. The minimum atomic E-state index is -4.34. The highest BCUT2D eigenvalue weighted by molar-refractivity contribution is 7.89. The molecule has 12 heteroatoms. The number of sulfonamides is 1. The fraction of sp³-hybridized carbons (Fsp3) is 0.375. The molecule has 0 saturated heterocycles. The second-order valence-electron chi connectivity index (χ2n) is 6.19. The van der Waals surface area contributed by atoms with Crippen molar-refractivity contribution in [3.8, 4) is 0 Å². The zero-order valence-corrected chi connectivity index (χ0v) is 15.8. The summed E-state index contributed by atoms with van der Waals surface area (Å²) in [7, 11) is -2.14. The minimum absolute atomic E-state index is 0.0698. The van der Waals surface area contributed by atoms with E-state index in [1.165, 1.54) is 36.7 Å². The van der Waals surface area contributed by atoms with Crippen LogP contribution < -0.4 is 10.5 Å². The minimum Gasteiger partial charge on any atom is -0.326 e. The molecule has 1 aromatic heterocycles. The molecular formula is C16H20F3N5O3S. The SMILES string of the molecule is CN(CCC(=O)Nc1ccc(S(N)(=O)=O)cc1)Cc1nccn1CC(F)(F)F. The zero-order valence-electron chi connectivity index (χ0n) is 15.0. The maximum absolute atomic E-state index is 12.5. The number of rotatable bonds is 8. The molecule has 0 fully saturated rings. The first-order valence-corrected chi connectivity index (χ1v) is 9.67. The molecule has 28 heavy (non-hydrogen) atoms. The van der Waals surface area contributed by atoms with Crippen LogP contribution in [0.2, 0.25) is 0 Å². The normalized spacial score (nSPS) is 12.4. The predicted octanol–water partition coefficient (Wildman–Crippen LogP) is 1.55. The van der Waals surface area contributed by atoms with Gasteiger partial charge < -0.3 is 9.88 Å². The average Bonchev–Trinajstić information content (AvgIpc) is 2.97. The van der Waals surface area contributed by atoms with Gasteiger partial charge in [0, 0.05) is 31.0 Å². The molecule has 0 radical (unpaired) electrons. The Morgan fingerprint density at radius 1 is 1.29 bits per heavy atom. The Morgan fingerprint density at radius 2 is 1.93 bits per heavy atom. The molecule has 0 aliphatic heterocycles. The van der Waals surface area contributed by atoms with E-state index in [0.29, 0.717) is 12.2 Å². The van der Waals surface area contributed by atoms with Crippen LogP contribution in [0.1, 0.15) is 12.2 Å². The van der Waals surface area contributed by atoms with Crippen molar-refractivity contribution in [2.75, 3.05) is 18.9 Å². The Labute approximate surface area is 160 Å². The van der Waals surface area contributed by atoms with Gasteiger partial charge in [0.2, 0.25) is 15.9 Å². The number of carbonyl (C=O) groups excluding carboxylic acids is 1. The molecule has 0 unspecified atom stereocenters. The Balaban J connectivity index is 1.84. The van der Waals surface area contributed by atoms with Gasteiger partial charge in [-0.25, -0.2) is 18.5 Å².